The highest BCUT2D eigenvalue weighted by Crippen LogP contribution is 2.28. The van der Waals surface area contributed by atoms with Crippen molar-refractivity contribution in [2.75, 3.05) is 17.2 Å². The molecule has 234 valence electrons. The van der Waals surface area contributed by atoms with Crippen LogP contribution in [-0.2, 0) is 9.59 Å². The normalized spacial score (nSPS) is 11.9. The van der Waals surface area contributed by atoms with Crippen molar-refractivity contribution in [3.05, 3.63) is 126 Å². The van der Waals surface area contributed by atoms with Crippen molar-refractivity contribution < 1.29 is 19.1 Å². The maximum Gasteiger partial charge on any atom is 0.272 e. The van der Waals surface area contributed by atoms with E-state index >= 15 is 0 Å². The third-order valence-electron chi connectivity index (χ3n) is 7.11. The molecule has 5 rings (SSSR count). The molecule has 1 aromatic heterocycles. The zero-order chi connectivity index (χ0) is 32.3. The SMILES string of the molecule is CCCCOc1ccc(NC(=O)C(C)Sc2cccc(NC(=O)/C(=C/c3c[nH]c4ccccc34)NC(=O)c3ccccc3)c2)cc1. The molecule has 1 unspecified atom stereocenters. The van der Waals surface area contributed by atoms with Gasteiger partial charge in [-0.15, -0.1) is 11.8 Å². The number of aromatic nitrogens is 1. The Hall–Kier alpha value is -5.28. The molecule has 5 aromatic rings. The summed E-state index contributed by atoms with van der Waals surface area (Å²) in [7, 11) is 0. The average Bonchev–Trinajstić information content (AvgIpc) is 3.48. The quantitative estimate of drug-likeness (QED) is 0.0600. The number of anilines is 2. The summed E-state index contributed by atoms with van der Waals surface area (Å²) in [6.07, 6.45) is 5.51. The maximum absolute atomic E-state index is 13.6. The van der Waals surface area contributed by atoms with Crippen LogP contribution in [0.15, 0.2) is 120 Å². The van der Waals surface area contributed by atoms with Gasteiger partial charge in [0.25, 0.3) is 11.8 Å². The number of thioether (sulfide) groups is 1. The van der Waals surface area contributed by atoms with E-state index in [0.29, 0.717) is 23.5 Å². The lowest BCUT2D eigenvalue weighted by molar-refractivity contribution is -0.115. The highest BCUT2D eigenvalue weighted by atomic mass is 32.2. The van der Waals surface area contributed by atoms with Crippen molar-refractivity contribution in [3.63, 3.8) is 0 Å². The van der Waals surface area contributed by atoms with Crippen LogP contribution in [0.1, 0.15) is 42.6 Å². The number of nitrogens with one attached hydrogen (secondary N) is 4. The number of benzene rings is 4. The topological polar surface area (TPSA) is 112 Å². The molecule has 3 amide bonds. The number of carbonyl (C=O) groups is 3. The lowest BCUT2D eigenvalue weighted by Gasteiger charge is -2.14. The molecule has 0 bridgehead atoms. The van der Waals surface area contributed by atoms with E-state index in [0.717, 1.165) is 40.0 Å². The number of amides is 3. The smallest absolute Gasteiger partial charge is 0.272 e. The van der Waals surface area contributed by atoms with Crippen molar-refractivity contribution in [2.45, 2.75) is 36.8 Å². The van der Waals surface area contributed by atoms with E-state index in [1.165, 1.54) is 11.8 Å². The second kappa shape index (κ2) is 15.6. The first-order chi connectivity index (χ1) is 22.4. The molecule has 0 radical (unpaired) electrons. The zero-order valence-corrected chi connectivity index (χ0v) is 26.5. The van der Waals surface area contributed by atoms with Crippen LogP contribution in [0.3, 0.4) is 0 Å². The minimum absolute atomic E-state index is 0.0891. The second-order valence-electron chi connectivity index (χ2n) is 10.6. The third kappa shape index (κ3) is 8.67. The minimum Gasteiger partial charge on any atom is -0.494 e. The Balaban J connectivity index is 1.26. The van der Waals surface area contributed by atoms with Gasteiger partial charge in [0.2, 0.25) is 5.91 Å². The first-order valence-electron chi connectivity index (χ1n) is 15.2. The van der Waals surface area contributed by atoms with E-state index in [1.54, 1.807) is 48.7 Å². The Morgan fingerprint density at radius 2 is 1.63 bits per heavy atom. The van der Waals surface area contributed by atoms with Gasteiger partial charge in [0.1, 0.15) is 11.4 Å². The molecule has 8 nitrogen and oxygen atoms in total. The molecule has 0 saturated carbocycles. The van der Waals surface area contributed by atoms with Gasteiger partial charge in [0.15, 0.2) is 0 Å². The number of carbonyl (C=O) groups excluding carboxylic acids is 3. The number of hydrogen-bond acceptors (Lipinski definition) is 5. The Morgan fingerprint density at radius 3 is 2.41 bits per heavy atom. The molecular formula is C37H36N4O4S. The Morgan fingerprint density at radius 1 is 0.870 bits per heavy atom. The van der Waals surface area contributed by atoms with Crippen LogP contribution in [0.4, 0.5) is 11.4 Å². The van der Waals surface area contributed by atoms with Gasteiger partial charge < -0.3 is 25.7 Å². The first-order valence-corrected chi connectivity index (χ1v) is 16.0. The van der Waals surface area contributed by atoms with Gasteiger partial charge in [-0.05, 0) is 80.1 Å². The van der Waals surface area contributed by atoms with E-state index in [-0.39, 0.29) is 11.6 Å². The van der Waals surface area contributed by atoms with E-state index in [9.17, 15) is 14.4 Å². The van der Waals surface area contributed by atoms with E-state index in [4.69, 9.17) is 4.74 Å². The number of rotatable bonds is 13. The molecule has 0 aliphatic heterocycles. The van der Waals surface area contributed by atoms with Gasteiger partial charge in [-0.25, -0.2) is 0 Å². The molecule has 0 aliphatic carbocycles. The van der Waals surface area contributed by atoms with Gasteiger partial charge in [-0.3, -0.25) is 14.4 Å². The molecule has 1 heterocycles. The fraction of sp³-hybridized carbons (Fsp3) is 0.162. The predicted octanol–water partition coefficient (Wildman–Crippen LogP) is 7.88. The van der Waals surface area contributed by atoms with Crippen molar-refractivity contribution in [3.8, 4) is 5.75 Å². The number of aromatic amines is 1. The molecule has 4 aromatic carbocycles. The summed E-state index contributed by atoms with van der Waals surface area (Å²) >= 11 is 1.37. The Labute approximate surface area is 272 Å². The van der Waals surface area contributed by atoms with Crippen LogP contribution in [0, 0.1) is 0 Å². The number of hydrogen-bond donors (Lipinski definition) is 4. The third-order valence-corrected chi connectivity index (χ3v) is 8.21. The Kier molecular flexibility index (Phi) is 10.9. The lowest BCUT2D eigenvalue weighted by Crippen LogP contribution is -2.30. The molecule has 46 heavy (non-hydrogen) atoms. The summed E-state index contributed by atoms with van der Waals surface area (Å²) in [5.41, 5.74) is 3.41. The number of H-pyrrole nitrogens is 1. The first kappa shape index (κ1) is 32.1. The summed E-state index contributed by atoms with van der Waals surface area (Å²) in [6.45, 7) is 4.61. The minimum atomic E-state index is -0.482. The van der Waals surface area contributed by atoms with Gasteiger partial charge >= 0.3 is 0 Å². The molecule has 9 heteroatoms. The van der Waals surface area contributed by atoms with Crippen molar-refractivity contribution >= 4 is 57.8 Å². The van der Waals surface area contributed by atoms with E-state index in [1.807, 2.05) is 73.7 Å². The Bertz CT molecular complexity index is 1830. The fourth-order valence-corrected chi connectivity index (χ4v) is 5.55. The van der Waals surface area contributed by atoms with Crippen LogP contribution in [0.25, 0.3) is 17.0 Å². The van der Waals surface area contributed by atoms with Crippen molar-refractivity contribution in [1.82, 2.24) is 10.3 Å². The van der Waals surface area contributed by atoms with Crippen LogP contribution in [0.5, 0.6) is 5.75 Å². The number of ether oxygens (including phenoxy) is 1. The summed E-state index contributed by atoms with van der Waals surface area (Å²) in [4.78, 5) is 43.6. The highest BCUT2D eigenvalue weighted by molar-refractivity contribution is 8.00. The number of fused-ring (bicyclic) bond motifs is 1. The molecule has 0 fully saturated rings. The largest absolute Gasteiger partial charge is 0.494 e. The van der Waals surface area contributed by atoms with Crippen LogP contribution in [-0.4, -0.2) is 34.6 Å². The van der Waals surface area contributed by atoms with Gasteiger partial charge in [0.05, 0.1) is 11.9 Å². The van der Waals surface area contributed by atoms with Crippen molar-refractivity contribution in [2.24, 2.45) is 0 Å². The summed E-state index contributed by atoms with van der Waals surface area (Å²) < 4.78 is 5.70. The van der Waals surface area contributed by atoms with Gasteiger partial charge in [-0.1, -0.05) is 55.8 Å². The monoisotopic (exact) mass is 632 g/mol. The zero-order valence-electron chi connectivity index (χ0n) is 25.7. The van der Waals surface area contributed by atoms with Gasteiger partial charge in [0, 0.05) is 44.5 Å². The number of unbranched alkanes of at least 4 members (excludes halogenated alkanes) is 1. The molecule has 4 N–H and O–H groups in total. The maximum atomic E-state index is 13.6. The molecule has 0 spiro atoms. The summed E-state index contributed by atoms with van der Waals surface area (Å²) in [6, 6.07) is 31.1. The highest BCUT2D eigenvalue weighted by Gasteiger charge is 2.18. The second-order valence-corrected chi connectivity index (χ2v) is 12.0. The lowest BCUT2D eigenvalue weighted by atomic mass is 10.1. The summed E-state index contributed by atoms with van der Waals surface area (Å²) in [5, 5.41) is 9.15. The van der Waals surface area contributed by atoms with Crippen LogP contribution >= 0.6 is 11.8 Å². The van der Waals surface area contributed by atoms with E-state index in [2.05, 4.69) is 27.9 Å². The van der Waals surface area contributed by atoms with Gasteiger partial charge in [-0.2, -0.15) is 0 Å². The molecule has 0 saturated heterocycles. The fourth-order valence-electron chi connectivity index (χ4n) is 4.63. The average molecular weight is 633 g/mol. The predicted molar refractivity (Wildman–Crippen MR) is 186 cm³/mol. The standard InChI is InChI=1S/C37H36N4O4S/c1-3-4-21-45-30-19-17-28(18-20-30)39-35(42)25(2)46-31-14-10-13-29(23-31)40-37(44)34(41-36(43)26-11-6-5-7-12-26)22-27-24-38-33-16-9-8-15-32(27)33/h5-20,22-25,38H,3-4,21H2,1-2H3,(H,39,42)(H,40,44)(H,41,43)/b34-22-. The number of para-hydroxylation sites is 1. The van der Waals surface area contributed by atoms with Crippen molar-refractivity contribution in [1.29, 1.82) is 0 Å². The molecule has 1 atom stereocenters. The molecular weight excluding hydrogens is 596 g/mol. The molecule has 0 aliphatic rings. The van der Waals surface area contributed by atoms with Crippen LogP contribution in [0.2, 0.25) is 0 Å². The summed E-state index contributed by atoms with van der Waals surface area (Å²) in [5.74, 6) is -0.257. The van der Waals surface area contributed by atoms with Crippen LogP contribution < -0.4 is 20.7 Å². The van der Waals surface area contributed by atoms with E-state index < -0.39 is 17.1 Å².